The van der Waals surface area contributed by atoms with E-state index in [0.717, 1.165) is 25.1 Å². The Bertz CT molecular complexity index is 2080. The number of rotatable bonds is 11. The number of halogens is 1. The topological polar surface area (TPSA) is 180 Å². The molecule has 256 valence electrons. The number of aryl methyl sites for hydroxylation is 1. The average Bonchev–Trinajstić information content (AvgIpc) is 3.80. The highest BCUT2D eigenvalue weighted by molar-refractivity contribution is 7.93. The van der Waals surface area contributed by atoms with Crippen LogP contribution in [0.15, 0.2) is 106 Å². The maximum atomic E-state index is 12.5. The van der Waals surface area contributed by atoms with Crippen LogP contribution in [-0.4, -0.2) is 57.6 Å². The van der Waals surface area contributed by atoms with Crippen LogP contribution in [0.4, 0.5) is 27.3 Å². The van der Waals surface area contributed by atoms with E-state index < -0.39 is 20.0 Å². The van der Waals surface area contributed by atoms with Crippen molar-refractivity contribution in [2.45, 2.75) is 22.6 Å². The van der Waals surface area contributed by atoms with Gasteiger partial charge in [-0.15, -0.1) is 34.3 Å². The molecule has 0 unspecified atom stereocenters. The molecule has 13 nitrogen and oxygen atoms in total. The highest BCUT2D eigenvalue weighted by Gasteiger charge is 2.20. The molecule has 5 aromatic rings. The van der Waals surface area contributed by atoms with Gasteiger partial charge in [-0.25, -0.2) is 26.8 Å². The first kappa shape index (κ1) is 35.7. The minimum absolute atomic E-state index is 0.0802. The Kier molecular flexibility index (Phi) is 11.8. The fourth-order valence-corrected chi connectivity index (χ4v) is 8.32. The number of fused-ring (bicyclic) bond motifs is 1. The first-order valence-electron chi connectivity index (χ1n) is 14.6. The first-order valence-corrected chi connectivity index (χ1v) is 19.8. The maximum absolute atomic E-state index is 12.5. The Morgan fingerprint density at radius 1 is 0.735 bits per heavy atom. The lowest BCUT2D eigenvalue weighted by atomic mass is 10.0. The third-order valence-electron chi connectivity index (χ3n) is 6.87. The molecule has 0 fully saturated rings. The highest BCUT2D eigenvalue weighted by Crippen LogP contribution is 2.27. The van der Waals surface area contributed by atoms with Crippen LogP contribution >= 0.6 is 34.3 Å². The minimum atomic E-state index is -3.71. The minimum Gasteiger partial charge on any atom is -0.362 e. The molecular weight excluding hydrogens is 730 g/mol. The molecule has 0 aliphatic carbocycles. The van der Waals surface area contributed by atoms with Crippen molar-refractivity contribution >= 4 is 93.5 Å². The Morgan fingerprint density at radius 2 is 1.24 bits per heavy atom. The maximum Gasteiger partial charge on any atom is 0.263 e. The summed E-state index contributed by atoms with van der Waals surface area (Å²) in [7, 11) is -7.38. The fourth-order valence-electron chi connectivity index (χ4n) is 4.67. The number of hydrogen-bond donors (Lipinski definition) is 4. The van der Waals surface area contributed by atoms with Crippen molar-refractivity contribution in [2.24, 2.45) is 0 Å². The molecule has 2 amide bonds. The molecule has 4 N–H and O–H groups in total. The van der Waals surface area contributed by atoms with E-state index >= 15 is 0 Å². The molecule has 3 aromatic carbocycles. The van der Waals surface area contributed by atoms with Gasteiger partial charge in [0.15, 0.2) is 10.3 Å². The van der Waals surface area contributed by atoms with Gasteiger partial charge in [-0.1, -0.05) is 18.2 Å². The quantitative estimate of drug-likeness (QED) is 0.127. The van der Waals surface area contributed by atoms with Crippen molar-refractivity contribution in [3.05, 3.63) is 102 Å². The number of sulfonamides is 2. The summed E-state index contributed by atoms with van der Waals surface area (Å²) in [5.41, 5.74) is 3.38. The molecule has 2 aromatic heterocycles. The van der Waals surface area contributed by atoms with Crippen molar-refractivity contribution in [2.75, 3.05) is 43.9 Å². The third kappa shape index (κ3) is 9.99. The predicted molar refractivity (Wildman–Crippen MR) is 194 cm³/mol. The van der Waals surface area contributed by atoms with Gasteiger partial charge < -0.3 is 15.5 Å². The Balaban J connectivity index is 0.000000205. The summed E-state index contributed by atoms with van der Waals surface area (Å²) in [4.78, 5) is 33.6. The molecule has 0 spiro atoms. The summed E-state index contributed by atoms with van der Waals surface area (Å²) < 4.78 is 53.6. The van der Waals surface area contributed by atoms with E-state index in [2.05, 4.69) is 41.0 Å². The Hall–Kier alpha value is -4.55. The molecule has 49 heavy (non-hydrogen) atoms. The van der Waals surface area contributed by atoms with Crippen molar-refractivity contribution in [3.63, 3.8) is 0 Å². The second-order valence-electron chi connectivity index (χ2n) is 10.3. The number of anilines is 5. The van der Waals surface area contributed by atoms with Crippen molar-refractivity contribution in [1.29, 1.82) is 0 Å². The number of aromatic nitrogens is 2. The van der Waals surface area contributed by atoms with E-state index in [0.29, 0.717) is 21.6 Å². The van der Waals surface area contributed by atoms with Crippen LogP contribution in [0.5, 0.6) is 0 Å². The van der Waals surface area contributed by atoms with Gasteiger partial charge >= 0.3 is 0 Å². The molecule has 0 radical (unpaired) electrons. The van der Waals surface area contributed by atoms with Crippen LogP contribution in [0.3, 0.4) is 0 Å². The molecule has 18 heteroatoms. The molecule has 1 aliphatic rings. The molecule has 0 bridgehead atoms. The number of nitrogens with one attached hydrogen (secondary N) is 4. The second-order valence-corrected chi connectivity index (χ2v) is 15.7. The molecular formula is C31H30ClN7O6S4. The SMILES string of the molecule is O=C(CCl)Nc1ccc(S(=O)(=O)Nc2nccs2)cc1.O=C(CN1CCCc2ccccc21)Nc1ccc(S(=O)(=O)Nc2nccs2)cc1. The molecule has 0 saturated heterocycles. The van der Waals surface area contributed by atoms with Gasteiger partial charge in [0.1, 0.15) is 5.88 Å². The summed E-state index contributed by atoms with van der Waals surface area (Å²) in [5, 5.41) is 9.32. The van der Waals surface area contributed by atoms with Gasteiger partial charge in [-0.3, -0.25) is 19.0 Å². The Labute approximate surface area is 296 Å². The van der Waals surface area contributed by atoms with E-state index in [1.54, 1.807) is 22.9 Å². The highest BCUT2D eigenvalue weighted by atomic mass is 35.5. The van der Waals surface area contributed by atoms with Crippen molar-refractivity contribution in [3.8, 4) is 0 Å². The fraction of sp³-hybridized carbons (Fsp3) is 0.161. The number of alkyl halides is 1. The van der Waals surface area contributed by atoms with Crippen molar-refractivity contribution in [1.82, 2.24) is 9.97 Å². The zero-order valence-electron chi connectivity index (χ0n) is 25.6. The van der Waals surface area contributed by atoms with Crippen LogP contribution in [0.2, 0.25) is 0 Å². The summed E-state index contributed by atoms with van der Waals surface area (Å²) in [6.07, 6.45) is 5.08. The van der Waals surface area contributed by atoms with Crippen LogP contribution in [0.25, 0.3) is 0 Å². The van der Waals surface area contributed by atoms with E-state index in [-0.39, 0.29) is 34.0 Å². The number of carbonyl (C=O) groups is 2. The predicted octanol–water partition coefficient (Wildman–Crippen LogP) is 5.46. The lowest BCUT2D eigenvalue weighted by molar-refractivity contribution is -0.115. The van der Waals surface area contributed by atoms with Crippen molar-refractivity contribution < 1.29 is 26.4 Å². The summed E-state index contributed by atoms with van der Waals surface area (Å²) in [6.45, 7) is 1.09. The van der Waals surface area contributed by atoms with Gasteiger partial charge in [-0.2, -0.15) is 0 Å². The van der Waals surface area contributed by atoms with Crippen LogP contribution < -0.4 is 25.0 Å². The van der Waals surface area contributed by atoms with Gasteiger partial charge in [0, 0.05) is 46.8 Å². The summed E-state index contributed by atoms with van der Waals surface area (Å²) in [5.74, 6) is -0.660. The number of benzene rings is 3. The van der Waals surface area contributed by atoms with Crippen LogP contribution in [0, 0.1) is 0 Å². The van der Waals surface area contributed by atoms with Gasteiger partial charge in [0.2, 0.25) is 11.8 Å². The number of amides is 2. The smallest absolute Gasteiger partial charge is 0.263 e. The molecule has 1 aliphatic heterocycles. The zero-order valence-corrected chi connectivity index (χ0v) is 29.6. The third-order valence-corrected chi connectivity index (χ3v) is 11.5. The molecule has 0 atom stereocenters. The number of carbonyl (C=O) groups excluding carboxylic acids is 2. The number of thiazole rings is 2. The van der Waals surface area contributed by atoms with Gasteiger partial charge in [0.25, 0.3) is 20.0 Å². The standard InChI is InChI=1S/C20H20N4O3S2.C11H10ClN3O3S2/c25-19(14-24-12-3-5-15-4-1-2-6-18(15)24)22-16-7-9-17(10-8-16)29(26,27)23-20-21-11-13-28-20;12-7-10(16)14-8-1-3-9(4-2-8)20(17,18)15-11-13-5-6-19-11/h1-2,4,6-11,13H,3,5,12,14H2,(H,21,23)(H,22,25);1-6H,7H2,(H,13,15)(H,14,16). The van der Waals surface area contributed by atoms with Gasteiger partial charge in [-0.05, 0) is 73.0 Å². The lowest BCUT2D eigenvalue weighted by Gasteiger charge is -2.30. The van der Waals surface area contributed by atoms with E-state index in [9.17, 15) is 26.4 Å². The Morgan fingerprint density at radius 3 is 1.73 bits per heavy atom. The molecule has 3 heterocycles. The van der Waals surface area contributed by atoms with E-state index in [4.69, 9.17) is 11.6 Å². The second kappa shape index (κ2) is 16.2. The number of nitrogens with zero attached hydrogens (tertiary/aromatic N) is 3. The van der Waals surface area contributed by atoms with E-state index in [1.165, 1.54) is 77.0 Å². The van der Waals surface area contributed by atoms with Crippen LogP contribution in [0.1, 0.15) is 12.0 Å². The average molecular weight is 760 g/mol. The van der Waals surface area contributed by atoms with Gasteiger partial charge in [0.05, 0.1) is 16.3 Å². The summed E-state index contributed by atoms with van der Waals surface area (Å²) in [6, 6.07) is 20.0. The summed E-state index contributed by atoms with van der Waals surface area (Å²) >= 11 is 7.75. The largest absolute Gasteiger partial charge is 0.362 e. The first-order chi connectivity index (χ1) is 23.5. The lowest BCUT2D eigenvalue weighted by Crippen LogP contribution is -2.36. The number of hydrogen-bond acceptors (Lipinski definition) is 11. The van der Waals surface area contributed by atoms with E-state index in [1.807, 2.05) is 18.2 Å². The normalized spacial score (nSPS) is 12.6. The number of para-hydroxylation sites is 1. The molecule has 6 rings (SSSR count). The zero-order chi connectivity index (χ0) is 34.9. The monoisotopic (exact) mass is 759 g/mol. The molecule has 0 saturated carbocycles. The van der Waals surface area contributed by atoms with Crippen LogP contribution in [-0.2, 0) is 36.1 Å².